The van der Waals surface area contributed by atoms with Gasteiger partial charge in [0.1, 0.15) is 5.76 Å². The molecule has 0 saturated carbocycles. The molecule has 0 unspecified atom stereocenters. The topological polar surface area (TPSA) is 55.0 Å². The highest BCUT2D eigenvalue weighted by molar-refractivity contribution is 14.1. The molecule has 8 heteroatoms. The molecule has 0 N–H and O–H groups in total. The van der Waals surface area contributed by atoms with Crippen LogP contribution in [0, 0.1) is 3.77 Å². The Bertz CT molecular complexity index is 887. The summed E-state index contributed by atoms with van der Waals surface area (Å²) in [6, 6.07) is 11.5. The van der Waals surface area contributed by atoms with Crippen molar-refractivity contribution in [3.05, 3.63) is 55.3 Å². The molecule has 2 aliphatic heterocycles. The van der Waals surface area contributed by atoms with Crippen LogP contribution in [0.15, 0.2) is 55.2 Å². The van der Waals surface area contributed by atoms with E-state index < -0.39 is 0 Å². The van der Waals surface area contributed by atoms with Crippen LogP contribution in [0.2, 0.25) is 0 Å². The third kappa shape index (κ3) is 4.49. The maximum Gasteiger partial charge on any atom is 0.266 e. The van der Waals surface area contributed by atoms with Gasteiger partial charge < -0.3 is 9.15 Å². The molecular formula is C19H16BrIN2O3S. The number of furan rings is 1. The normalized spacial score (nSPS) is 23.1. The number of nitrogens with zero attached hydrogens (tertiary/aromatic N) is 2. The largest absolute Gasteiger partial charge is 0.450 e. The summed E-state index contributed by atoms with van der Waals surface area (Å²) in [7, 11) is 0. The number of thioether (sulfide) groups is 1. The van der Waals surface area contributed by atoms with Crippen LogP contribution in [0.5, 0.6) is 0 Å². The minimum absolute atomic E-state index is 0.0623. The van der Waals surface area contributed by atoms with Gasteiger partial charge in [0.05, 0.1) is 27.7 Å². The Morgan fingerprint density at radius 1 is 1.37 bits per heavy atom. The molecule has 5 nitrogen and oxygen atoms in total. The van der Waals surface area contributed by atoms with Gasteiger partial charge in [0.15, 0.2) is 8.93 Å². The summed E-state index contributed by atoms with van der Waals surface area (Å²) >= 11 is 6.91. The van der Waals surface area contributed by atoms with Crippen LogP contribution in [0.25, 0.3) is 6.08 Å². The van der Waals surface area contributed by atoms with Gasteiger partial charge in [-0.1, -0.05) is 18.2 Å². The number of halogens is 2. The van der Waals surface area contributed by atoms with Gasteiger partial charge in [0, 0.05) is 35.3 Å². The molecule has 0 aliphatic carbocycles. The van der Waals surface area contributed by atoms with E-state index in [9.17, 15) is 4.79 Å². The summed E-state index contributed by atoms with van der Waals surface area (Å²) in [5.41, 5.74) is 0.821. The Morgan fingerprint density at radius 3 is 2.85 bits per heavy atom. The summed E-state index contributed by atoms with van der Waals surface area (Å²) in [5, 5.41) is 0.674. The Balaban J connectivity index is 1.65. The van der Waals surface area contributed by atoms with Gasteiger partial charge in [-0.2, -0.15) is 0 Å². The molecular weight excluding hydrogens is 543 g/mol. The van der Waals surface area contributed by atoms with Crippen molar-refractivity contribution in [3.63, 3.8) is 0 Å². The monoisotopic (exact) mass is 558 g/mol. The number of benzene rings is 1. The summed E-state index contributed by atoms with van der Waals surface area (Å²) in [5.74, 6) is 0.577. The molecule has 4 rings (SSSR count). The molecule has 2 fully saturated rings. The number of hydrogen-bond donors (Lipinski definition) is 0. The lowest BCUT2D eigenvalue weighted by atomic mass is 10.2. The summed E-state index contributed by atoms with van der Waals surface area (Å²) in [6.45, 7) is 1.28. The highest BCUT2D eigenvalue weighted by Crippen LogP contribution is 2.36. The van der Waals surface area contributed by atoms with Crippen LogP contribution in [-0.2, 0) is 9.53 Å². The predicted octanol–water partition coefficient (Wildman–Crippen LogP) is 5.43. The van der Waals surface area contributed by atoms with Crippen molar-refractivity contribution in [3.8, 4) is 0 Å². The van der Waals surface area contributed by atoms with Crippen LogP contribution in [0.1, 0.15) is 18.6 Å². The standard InChI is InChI=1S/C19H16BrIN2O3S/c20-15-9-14(26-17(15)21)10-16-18(24)23(11-13-7-4-8-25-13)19(27-16)22-12-5-2-1-3-6-12/h1-3,5-6,9-10,13H,4,7-8,11H2/b16-10+,22-19?/t13-/m0/s1. The number of hydrogen-bond acceptors (Lipinski definition) is 5. The van der Waals surface area contributed by atoms with E-state index >= 15 is 0 Å². The average Bonchev–Trinajstić information content (AvgIpc) is 3.35. The van der Waals surface area contributed by atoms with Gasteiger partial charge >= 0.3 is 0 Å². The van der Waals surface area contributed by atoms with Gasteiger partial charge in [0.2, 0.25) is 0 Å². The predicted molar refractivity (Wildman–Crippen MR) is 119 cm³/mol. The van der Waals surface area contributed by atoms with Gasteiger partial charge in [0.25, 0.3) is 5.91 Å². The molecule has 2 aromatic rings. The van der Waals surface area contributed by atoms with E-state index in [-0.39, 0.29) is 12.0 Å². The maximum atomic E-state index is 13.0. The van der Waals surface area contributed by atoms with E-state index in [2.05, 4.69) is 38.5 Å². The molecule has 1 aromatic heterocycles. The molecule has 1 atom stereocenters. The van der Waals surface area contributed by atoms with E-state index in [1.54, 1.807) is 11.0 Å². The molecule has 1 amide bonds. The van der Waals surface area contributed by atoms with Crippen LogP contribution < -0.4 is 0 Å². The zero-order valence-electron chi connectivity index (χ0n) is 14.2. The molecule has 1 aromatic carbocycles. The van der Waals surface area contributed by atoms with Crippen LogP contribution in [0.4, 0.5) is 5.69 Å². The van der Waals surface area contributed by atoms with Gasteiger partial charge in [-0.3, -0.25) is 9.69 Å². The molecule has 2 aliphatic rings. The Labute approximate surface area is 183 Å². The van der Waals surface area contributed by atoms with Gasteiger partial charge in [-0.05, 0) is 58.7 Å². The second kappa shape index (κ2) is 8.50. The molecule has 0 radical (unpaired) electrons. The lowest BCUT2D eigenvalue weighted by molar-refractivity contribution is -0.123. The third-order valence-corrected chi connectivity index (χ3v) is 7.35. The quantitative estimate of drug-likeness (QED) is 0.371. The fourth-order valence-corrected chi connectivity index (χ4v) is 4.63. The Hall–Kier alpha value is -1.10. The first kappa shape index (κ1) is 19.2. The Morgan fingerprint density at radius 2 is 2.19 bits per heavy atom. The number of amides is 1. The summed E-state index contributed by atoms with van der Waals surface area (Å²) in [6.07, 6.45) is 3.84. The Kier molecular flexibility index (Phi) is 6.05. The van der Waals surface area contributed by atoms with Crippen LogP contribution in [0.3, 0.4) is 0 Å². The van der Waals surface area contributed by atoms with Crippen molar-refractivity contribution >= 4 is 73.1 Å². The smallest absolute Gasteiger partial charge is 0.266 e. The van der Waals surface area contributed by atoms with Crippen molar-refractivity contribution in [2.75, 3.05) is 13.2 Å². The van der Waals surface area contributed by atoms with E-state index in [1.807, 2.05) is 36.4 Å². The van der Waals surface area contributed by atoms with Crippen molar-refractivity contribution in [2.45, 2.75) is 18.9 Å². The number of carbonyl (C=O) groups excluding carboxylic acids is 1. The van der Waals surface area contributed by atoms with Crippen LogP contribution in [-0.4, -0.2) is 35.2 Å². The number of amidine groups is 1. The summed E-state index contributed by atoms with van der Waals surface area (Å²) < 4.78 is 13.0. The molecule has 27 heavy (non-hydrogen) atoms. The van der Waals surface area contributed by atoms with Crippen molar-refractivity contribution < 1.29 is 13.9 Å². The highest BCUT2D eigenvalue weighted by atomic mass is 127. The number of rotatable bonds is 4. The van der Waals surface area contributed by atoms with Crippen molar-refractivity contribution in [2.24, 2.45) is 4.99 Å². The first-order valence-corrected chi connectivity index (χ1v) is 11.2. The van der Waals surface area contributed by atoms with E-state index in [1.165, 1.54) is 11.8 Å². The minimum atomic E-state index is -0.0623. The number of para-hydroxylation sites is 1. The fraction of sp³-hybridized carbons (Fsp3) is 0.263. The summed E-state index contributed by atoms with van der Waals surface area (Å²) in [4.78, 5) is 20.1. The zero-order chi connectivity index (χ0) is 18.8. The first-order valence-electron chi connectivity index (χ1n) is 8.52. The van der Waals surface area contributed by atoms with Crippen molar-refractivity contribution in [1.29, 1.82) is 0 Å². The van der Waals surface area contributed by atoms with Gasteiger partial charge in [-0.25, -0.2) is 4.99 Å². The number of ether oxygens (including phenoxy) is 1. The fourth-order valence-electron chi connectivity index (χ4n) is 2.92. The van der Waals surface area contributed by atoms with E-state index in [4.69, 9.17) is 14.1 Å². The molecule has 0 bridgehead atoms. The lowest BCUT2D eigenvalue weighted by Gasteiger charge is -2.19. The second-order valence-electron chi connectivity index (χ2n) is 6.16. The second-order valence-corrected chi connectivity index (χ2v) is 9.00. The SMILES string of the molecule is O=C1/C(=C\c2cc(Br)c(I)o2)SC(=Nc2ccccc2)N1C[C@@H]1CCCO1. The maximum absolute atomic E-state index is 13.0. The van der Waals surface area contributed by atoms with Crippen LogP contribution >= 0.6 is 50.3 Å². The van der Waals surface area contributed by atoms with E-state index in [0.29, 0.717) is 22.4 Å². The lowest BCUT2D eigenvalue weighted by Crippen LogP contribution is -2.36. The molecule has 2 saturated heterocycles. The molecule has 0 spiro atoms. The minimum Gasteiger partial charge on any atom is -0.450 e. The first-order chi connectivity index (χ1) is 13.1. The zero-order valence-corrected chi connectivity index (χ0v) is 18.8. The average molecular weight is 559 g/mol. The van der Waals surface area contributed by atoms with E-state index in [0.717, 1.165) is 33.4 Å². The number of aliphatic imine (C=N–C) groups is 1. The molecule has 3 heterocycles. The highest BCUT2D eigenvalue weighted by Gasteiger charge is 2.36. The number of carbonyl (C=O) groups is 1. The molecule has 140 valence electrons. The van der Waals surface area contributed by atoms with Crippen molar-refractivity contribution in [1.82, 2.24) is 4.90 Å². The van der Waals surface area contributed by atoms with Gasteiger partial charge in [-0.15, -0.1) is 0 Å². The third-order valence-electron chi connectivity index (χ3n) is 4.22.